The molecule has 1 spiro atoms. The third kappa shape index (κ3) is 2.73. The molecule has 1 amide bonds. The Labute approximate surface area is 161 Å². The van der Waals surface area contributed by atoms with Crippen molar-refractivity contribution >= 4 is 17.2 Å². The molecule has 0 bridgehead atoms. The van der Waals surface area contributed by atoms with Crippen LogP contribution >= 0.6 is 11.3 Å². The smallest absolute Gasteiger partial charge is 0.257 e. The van der Waals surface area contributed by atoms with E-state index in [2.05, 4.69) is 17.0 Å². The average Bonchev–Trinajstić information content (AvgIpc) is 3.11. The lowest BCUT2D eigenvalue weighted by Gasteiger charge is -2.35. The summed E-state index contributed by atoms with van der Waals surface area (Å²) in [5.41, 5.74) is 3.97. The Morgan fingerprint density at radius 1 is 1.37 bits per heavy atom. The molecule has 7 heteroatoms. The lowest BCUT2D eigenvalue weighted by Crippen LogP contribution is -2.41. The molecular weight excluding hydrogens is 360 g/mol. The van der Waals surface area contributed by atoms with Crippen molar-refractivity contribution in [2.45, 2.75) is 38.1 Å². The number of phenols is 1. The lowest BCUT2D eigenvalue weighted by atomic mass is 9.86. The van der Waals surface area contributed by atoms with Crippen molar-refractivity contribution < 1.29 is 9.90 Å². The number of aryl methyl sites for hydroxylation is 1. The SMILES string of the molecule is CCc1csc(-n2cc(C(=O)N3Cc4ccc(O)cc4C4(CC4)C3)cn2)n1. The maximum atomic E-state index is 13.1. The van der Waals surface area contributed by atoms with E-state index in [0.717, 1.165) is 35.7 Å². The zero-order valence-corrected chi connectivity index (χ0v) is 15.9. The molecule has 27 heavy (non-hydrogen) atoms. The Hall–Kier alpha value is -2.67. The van der Waals surface area contributed by atoms with Crippen molar-refractivity contribution in [3.8, 4) is 10.9 Å². The number of phenolic OH excluding ortho intramolecular Hbond substituents is 1. The highest BCUT2D eigenvalue weighted by molar-refractivity contribution is 7.12. The predicted molar refractivity (Wildman–Crippen MR) is 102 cm³/mol. The fourth-order valence-electron chi connectivity index (χ4n) is 3.91. The summed E-state index contributed by atoms with van der Waals surface area (Å²) in [6.07, 6.45) is 6.40. The van der Waals surface area contributed by atoms with Crippen LogP contribution in [0.15, 0.2) is 36.0 Å². The minimum atomic E-state index is -0.00137. The standard InChI is InChI=1S/C20H20N4O2S/c1-2-15-11-27-19(22-15)24-10-14(8-21-24)18(26)23-9-13-3-4-16(25)7-17(13)20(12-23)5-6-20/h3-4,7-8,10-11,25H,2,5-6,9,12H2,1H3. The second-order valence-corrected chi connectivity index (χ2v) is 8.27. The van der Waals surface area contributed by atoms with E-state index in [9.17, 15) is 9.90 Å². The van der Waals surface area contributed by atoms with Crippen LogP contribution in [0.25, 0.3) is 5.13 Å². The molecule has 1 aliphatic carbocycles. The Balaban J connectivity index is 1.41. The molecule has 0 saturated heterocycles. The summed E-state index contributed by atoms with van der Waals surface area (Å²) >= 11 is 1.53. The summed E-state index contributed by atoms with van der Waals surface area (Å²) in [6, 6.07) is 5.51. The van der Waals surface area contributed by atoms with Crippen molar-refractivity contribution in [1.29, 1.82) is 0 Å². The molecule has 5 rings (SSSR count). The van der Waals surface area contributed by atoms with Gasteiger partial charge < -0.3 is 10.0 Å². The van der Waals surface area contributed by atoms with E-state index < -0.39 is 0 Å². The first kappa shape index (κ1) is 16.5. The fourth-order valence-corrected chi connectivity index (χ4v) is 4.75. The van der Waals surface area contributed by atoms with Crippen LogP contribution in [-0.4, -0.2) is 37.2 Å². The quantitative estimate of drug-likeness (QED) is 0.757. The molecule has 3 aromatic rings. The van der Waals surface area contributed by atoms with Gasteiger partial charge in [-0.15, -0.1) is 11.3 Å². The molecule has 1 aromatic carbocycles. The van der Waals surface area contributed by atoms with Crippen LogP contribution in [0.4, 0.5) is 0 Å². The molecule has 2 aromatic heterocycles. The number of benzene rings is 1. The zero-order chi connectivity index (χ0) is 18.6. The summed E-state index contributed by atoms with van der Waals surface area (Å²) in [4.78, 5) is 19.5. The van der Waals surface area contributed by atoms with Crippen molar-refractivity contribution in [2.75, 3.05) is 6.54 Å². The number of carbonyl (C=O) groups excluding carboxylic acids is 1. The summed E-state index contributed by atoms with van der Waals surface area (Å²) < 4.78 is 1.68. The topological polar surface area (TPSA) is 71.2 Å². The molecular formula is C20H20N4O2S. The van der Waals surface area contributed by atoms with Gasteiger partial charge in [-0.2, -0.15) is 5.10 Å². The third-order valence-electron chi connectivity index (χ3n) is 5.59. The van der Waals surface area contributed by atoms with Crippen LogP contribution in [0, 0.1) is 0 Å². The first-order chi connectivity index (χ1) is 13.1. The maximum Gasteiger partial charge on any atom is 0.257 e. The number of carbonyl (C=O) groups is 1. The number of nitrogens with zero attached hydrogens (tertiary/aromatic N) is 4. The van der Waals surface area contributed by atoms with E-state index >= 15 is 0 Å². The van der Waals surface area contributed by atoms with Crippen molar-refractivity contribution in [3.63, 3.8) is 0 Å². The summed E-state index contributed by atoms with van der Waals surface area (Å²) in [5.74, 6) is 0.300. The van der Waals surface area contributed by atoms with Crippen molar-refractivity contribution in [3.05, 3.63) is 58.4 Å². The molecule has 3 heterocycles. The van der Waals surface area contributed by atoms with Crippen LogP contribution < -0.4 is 0 Å². The van der Waals surface area contributed by atoms with Crippen LogP contribution in [-0.2, 0) is 18.4 Å². The number of thiazole rings is 1. The van der Waals surface area contributed by atoms with Gasteiger partial charge in [0.05, 0.1) is 17.5 Å². The highest BCUT2D eigenvalue weighted by atomic mass is 32.1. The van der Waals surface area contributed by atoms with Crippen molar-refractivity contribution in [1.82, 2.24) is 19.7 Å². The number of hydrogen-bond donors (Lipinski definition) is 1. The molecule has 0 radical (unpaired) electrons. The molecule has 1 aliphatic heterocycles. The highest BCUT2D eigenvalue weighted by Gasteiger charge is 2.50. The average molecular weight is 380 g/mol. The van der Waals surface area contributed by atoms with Crippen LogP contribution in [0.3, 0.4) is 0 Å². The van der Waals surface area contributed by atoms with Crippen LogP contribution in [0.5, 0.6) is 5.75 Å². The van der Waals surface area contributed by atoms with Gasteiger partial charge in [0.25, 0.3) is 5.91 Å². The van der Waals surface area contributed by atoms with E-state index in [4.69, 9.17) is 0 Å². The van der Waals surface area contributed by atoms with Gasteiger partial charge in [-0.1, -0.05) is 13.0 Å². The van der Waals surface area contributed by atoms with Gasteiger partial charge in [0.2, 0.25) is 5.13 Å². The first-order valence-corrected chi connectivity index (χ1v) is 10.1. The Morgan fingerprint density at radius 2 is 2.22 bits per heavy atom. The highest BCUT2D eigenvalue weighted by Crippen LogP contribution is 2.53. The Bertz CT molecular complexity index is 1030. The fraction of sp³-hybridized carbons (Fsp3) is 0.350. The number of hydrogen-bond acceptors (Lipinski definition) is 5. The van der Waals surface area contributed by atoms with Crippen LogP contribution in [0.2, 0.25) is 0 Å². The first-order valence-electron chi connectivity index (χ1n) is 9.19. The molecule has 0 unspecified atom stereocenters. The van der Waals surface area contributed by atoms with E-state index in [1.54, 1.807) is 23.1 Å². The minimum Gasteiger partial charge on any atom is -0.508 e. The van der Waals surface area contributed by atoms with Gasteiger partial charge in [-0.25, -0.2) is 9.67 Å². The monoisotopic (exact) mass is 380 g/mol. The van der Waals surface area contributed by atoms with Gasteiger partial charge in [-0.05, 0) is 42.5 Å². The van der Waals surface area contributed by atoms with Gasteiger partial charge in [-0.3, -0.25) is 4.79 Å². The summed E-state index contributed by atoms with van der Waals surface area (Å²) in [6.45, 7) is 3.34. The Morgan fingerprint density at radius 3 is 2.96 bits per heavy atom. The largest absolute Gasteiger partial charge is 0.508 e. The van der Waals surface area contributed by atoms with E-state index in [1.807, 2.05) is 22.4 Å². The maximum absolute atomic E-state index is 13.1. The van der Waals surface area contributed by atoms with E-state index in [0.29, 0.717) is 24.4 Å². The summed E-state index contributed by atoms with van der Waals surface area (Å²) in [5, 5.41) is 17.0. The number of amides is 1. The lowest BCUT2D eigenvalue weighted by molar-refractivity contribution is 0.0709. The second kappa shape index (κ2) is 5.92. The molecule has 2 aliphatic rings. The molecule has 6 nitrogen and oxygen atoms in total. The second-order valence-electron chi connectivity index (χ2n) is 7.43. The predicted octanol–water partition coefficient (Wildman–Crippen LogP) is 3.28. The third-order valence-corrected chi connectivity index (χ3v) is 6.47. The molecule has 138 valence electrons. The number of rotatable bonds is 3. The summed E-state index contributed by atoms with van der Waals surface area (Å²) in [7, 11) is 0. The molecule has 1 saturated carbocycles. The number of aromatic hydroxyl groups is 1. The number of aromatic nitrogens is 3. The Kier molecular flexibility index (Phi) is 3.62. The molecule has 0 atom stereocenters. The normalized spacial score (nSPS) is 17.1. The zero-order valence-electron chi connectivity index (χ0n) is 15.1. The van der Waals surface area contributed by atoms with Gasteiger partial charge >= 0.3 is 0 Å². The molecule has 1 fully saturated rings. The van der Waals surface area contributed by atoms with E-state index in [-0.39, 0.29) is 11.3 Å². The van der Waals surface area contributed by atoms with E-state index in [1.165, 1.54) is 16.9 Å². The minimum absolute atomic E-state index is 0.00137. The van der Waals surface area contributed by atoms with Crippen molar-refractivity contribution in [2.24, 2.45) is 0 Å². The van der Waals surface area contributed by atoms with Gasteiger partial charge in [0.15, 0.2) is 0 Å². The van der Waals surface area contributed by atoms with Gasteiger partial charge in [0, 0.05) is 30.1 Å². The van der Waals surface area contributed by atoms with Crippen LogP contribution in [0.1, 0.15) is 46.9 Å². The molecule has 1 N–H and O–H groups in total. The van der Waals surface area contributed by atoms with Gasteiger partial charge in [0.1, 0.15) is 5.75 Å². The number of fused-ring (bicyclic) bond motifs is 2.